The van der Waals surface area contributed by atoms with Crippen molar-refractivity contribution in [2.75, 3.05) is 12.8 Å². The van der Waals surface area contributed by atoms with Gasteiger partial charge in [-0.15, -0.1) is 0 Å². The lowest BCUT2D eigenvalue weighted by atomic mass is 10.1. The van der Waals surface area contributed by atoms with Crippen LogP contribution in [0.25, 0.3) is 0 Å². The molecule has 1 rings (SSSR count). The van der Waals surface area contributed by atoms with Gasteiger partial charge in [-0.25, -0.2) is 0 Å². The molecular formula is C11H13F3N2O. The molecular weight excluding hydrogens is 233 g/mol. The molecule has 0 radical (unpaired) electrons. The number of carbonyl (C=O) groups excluding carboxylic acids is 1. The smallest absolute Gasteiger partial charge is 0.399 e. The van der Waals surface area contributed by atoms with Gasteiger partial charge in [-0.05, 0) is 24.6 Å². The molecule has 0 bridgehead atoms. The lowest BCUT2D eigenvalue weighted by Crippen LogP contribution is -2.39. The van der Waals surface area contributed by atoms with Crippen LogP contribution in [0.5, 0.6) is 0 Å². The molecule has 0 saturated carbocycles. The van der Waals surface area contributed by atoms with Crippen LogP contribution in [0.4, 0.5) is 18.9 Å². The van der Waals surface area contributed by atoms with Crippen LogP contribution in [0.15, 0.2) is 24.3 Å². The number of nitrogens with two attached hydrogens (primary N) is 1. The molecule has 1 unspecified atom stereocenters. The monoisotopic (exact) mass is 246 g/mol. The van der Waals surface area contributed by atoms with Crippen LogP contribution in [-0.2, 0) is 4.79 Å². The van der Waals surface area contributed by atoms with Gasteiger partial charge in [0.05, 0.1) is 6.04 Å². The van der Waals surface area contributed by atoms with Gasteiger partial charge in [-0.2, -0.15) is 13.2 Å². The summed E-state index contributed by atoms with van der Waals surface area (Å²) in [5.74, 6) is -1.87. The molecule has 2 N–H and O–H groups in total. The van der Waals surface area contributed by atoms with E-state index in [1.165, 1.54) is 6.92 Å². The van der Waals surface area contributed by atoms with Gasteiger partial charge in [-0.1, -0.05) is 12.1 Å². The number of nitrogens with zero attached hydrogens (tertiary/aromatic N) is 1. The first-order valence-corrected chi connectivity index (χ1v) is 4.93. The summed E-state index contributed by atoms with van der Waals surface area (Å²) in [4.78, 5) is 11.7. The van der Waals surface area contributed by atoms with E-state index in [1.54, 1.807) is 24.3 Å². The lowest BCUT2D eigenvalue weighted by Gasteiger charge is -2.26. The van der Waals surface area contributed by atoms with E-state index in [9.17, 15) is 18.0 Å². The molecule has 1 amide bonds. The van der Waals surface area contributed by atoms with Crippen LogP contribution in [0.3, 0.4) is 0 Å². The van der Waals surface area contributed by atoms with Crippen molar-refractivity contribution >= 4 is 11.6 Å². The predicted molar refractivity (Wildman–Crippen MR) is 58.1 cm³/mol. The number of rotatable bonds is 2. The summed E-state index contributed by atoms with van der Waals surface area (Å²) in [7, 11) is 1.11. The standard InChI is InChI=1S/C11H13F3N2O/c1-7(8-4-3-5-9(15)6-8)16(2)10(17)11(12,13)14/h3-7H,15H2,1-2H3. The zero-order valence-corrected chi connectivity index (χ0v) is 9.45. The normalized spacial score (nSPS) is 13.2. The van der Waals surface area contributed by atoms with Crippen molar-refractivity contribution in [1.82, 2.24) is 4.90 Å². The molecule has 0 fully saturated rings. The number of nitrogen functional groups attached to an aromatic ring is 1. The van der Waals surface area contributed by atoms with Crippen LogP contribution < -0.4 is 5.73 Å². The highest BCUT2D eigenvalue weighted by atomic mass is 19.4. The quantitative estimate of drug-likeness (QED) is 0.814. The van der Waals surface area contributed by atoms with Crippen molar-refractivity contribution in [2.24, 2.45) is 0 Å². The molecule has 0 aliphatic rings. The molecule has 1 atom stereocenters. The molecule has 94 valence electrons. The minimum absolute atomic E-state index is 0.446. The second kappa shape index (κ2) is 4.65. The Morgan fingerprint density at radius 1 is 1.41 bits per heavy atom. The van der Waals surface area contributed by atoms with Crippen molar-refractivity contribution < 1.29 is 18.0 Å². The first kappa shape index (κ1) is 13.3. The van der Waals surface area contributed by atoms with Crippen molar-refractivity contribution in [2.45, 2.75) is 19.1 Å². The Morgan fingerprint density at radius 2 is 2.00 bits per heavy atom. The Bertz CT molecular complexity index is 417. The minimum Gasteiger partial charge on any atom is -0.399 e. The largest absolute Gasteiger partial charge is 0.471 e. The number of benzene rings is 1. The van der Waals surface area contributed by atoms with Gasteiger partial charge in [0, 0.05) is 12.7 Å². The highest BCUT2D eigenvalue weighted by Crippen LogP contribution is 2.26. The Morgan fingerprint density at radius 3 is 2.47 bits per heavy atom. The molecule has 1 aromatic rings. The highest BCUT2D eigenvalue weighted by Gasteiger charge is 2.42. The van der Waals surface area contributed by atoms with Crippen molar-refractivity contribution in [3.63, 3.8) is 0 Å². The SMILES string of the molecule is CC(c1cccc(N)c1)N(C)C(=O)C(F)(F)F. The number of halogens is 3. The van der Waals surface area contributed by atoms with Gasteiger partial charge in [0.1, 0.15) is 0 Å². The first-order chi connectivity index (χ1) is 7.73. The van der Waals surface area contributed by atoms with E-state index in [4.69, 9.17) is 5.73 Å². The Hall–Kier alpha value is -1.72. The number of anilines is 1. The third-order valence-electron chi connectivity index (χ3n) is 2.54. The molecule has 0 aliphatic heterocycles. The van der Waals surface area contributed by atoms with Gasteiger partial charge < -0.3 is 10.6 Å². The van der Waals surface area contributed by atoms with Gasteiger partial charge in [0.15, 0.2) is 0 Å². The second-order valence-electron chi connectivity index (χ2n) is 3.76. The van der Waals surface area contributed by atoms with Crippen LogP contribution in [-0.4, -0.2) is 24.0 Å². The number of alkyl halides is 3. The summed E-state index contributed by atoms with van der Waals surface area (Å²) in [6.07, 6.45) is -4.86. The molecule has 6 heteroatoms. The number of carbonyl (C=O) groups is 1. The molecule has 0 aromatic heterocycles. The molecule has 17 heavy (non-hydrogen) atoms. The summed E-state index contributed by atoms with van der Waals surface area (Å²) in [6.45, 7) is 1.51. The van der Waals surface area contributed by atoms with Crippen molar-refractivity contribution in [3.05, 3.63) is 29.8 Å². The van der Waals surface area contributed by atoms with Crippen molar-refractivity contribution in [1.29, 1.82) is 0 Å². The Kier molecular flexibility index (Phi) is 3.65. The van der Waals surface area contributed by atoms with Gasteiger partial charge in [-0.3, -0.25) is 4.79 Å². The average molecular weight is 246 g/mol. The predicted octanol–water partition coefficient (Wildman–Crippen LogP) is 2.35. The third-order valence-corrected chi connectivity index (χ3v) is 2.54. The van der Waals surface area contributed by atoms with Crippen LogP contribution in [0, 0.1) is 0 Å². The van der Waals surface area contributed by atoms with Crippen LogP contribution in [0.1, 0.15) is 18.5 Å². The van der Waals surface area contributed by atoms with E-state index < -0.39 is 18.1 Å². The Balaban J connectivity index is 2.91. The summed E-state index contributed by atoms with van der Waals surface area (Å²) < 4.78 is 36.7. The fourth-order valence-corrected chi connectivity index (χ4v) is 1.42. The van der Waals surface area contributed by atoms with E-state index in [1.807, 2.05) is 0 Å². The van der Waals surface area contributed by atoms with Gasteiger partial charge in [0.2, 0.25) is 0 Å². The zero-order valence-electron chi connectivity index (χ0n) is 9.45. The van der Waals surface area contributed by atoms with Gasteiger partial charge >= 0.3 is 12.1 Å². The summed E-state index contributed by atoms with van der Waals surface area (Å²) in [6, 6.07) is 5.74. The molecule has 0 saturated heterocycles. The highest BCUT2D eigenvalue weighted by molar-refractivity contribution is 5.82. The number of amides is 1. The van der Waals surface area contributed by atoms with E-state index in [2.05, 4.69) is 0 Å². The number of hydrogen-bond donors (Lipinski definition) is 1. The second-order valence-corrected chi connectivity index (χ2v) is 3.76. The summed E-state index contributed by atoms with van der Waals surface area (Å²) in [5.41, 5.74) is 6.54. The third kappa shape index (κ3) is 3.12. The summed E-state index contributed by atoms with van der Waals surface area (Å²) in [5, 5.41) is 0. The van der Waals surface area contributed by atoms with Crippen LogP contribution >= 0.6 is 0 Å². The fraction of sp³-hybridized carbons (Fsp3) is 0.364. The van der Waals surface area contributed by atoms with E-state index in [0.29, 0.717) is 16.2 Å². The maximum Gasteiger partial charge on any atom is 0.471 e. The molecule has 0 heterocycles. The molecule has 0 spiro atoms. The lowest BCUT2D eigenvalue weighted by molar-refractivity contribution is -0.186. The Labute approximate surface area is 97.0 Å². The fourth-order valence-electron chi connectivity index (χ4n) is 1.42. The average Bonchev–Trinajstić information content (AvgIpc) is 2.25. The zero-order chi connectivity index (χ0) is 13.2. The van der Waals surface area contributed by atoms with E-state index in [0.717, 1.165) is 7.05 Å². The van der Waals surface area contributed by atoms with Crippen LogP contribution in [0.2, 0.25) is 0 Å². The minimum atomic E-state index is -4.86. The number of hydrogen-bond acceptors (Lipinski definition) is 2. The molecule has 3 nitrogen and oxygen atoms in total. The first-order valence-electron chi connectivity index (χ1n) is 4.93. The van der Waals surface area contributed by atoms with Crippen molar-refractivity contribution in [3.8, 4) is 0 Å². The van der Waals surface area contributed by atoms with E-state index in [-0.39, 0.29) is 0 Å². The topological polar surface area (TPSA) is 46.3 Å². The maximum absolute atomic E-state index is 12.2. The molecule has 0 aliphatic carbocycles. The van der Waals surface area contributed by atoms with E-state index >= 15 is 0 Å². The van der Waals surface area contributed by atoms with Gasteiger partial charge in [0.25, 0.3) is 0 Å². The molecule has 1 aromatic carbocycles. The summed E-state index contributed by atoms with van der Waals surface area (Å²) >= 11 is 0. The maximum atomic E-state index is 12.2.